The molecule has 2 aromatic heterocycles. The van der Waals surface area contributed by atoms with Crippen molar-refractivity contribution in [1.82, 2.24) is 5.43 Å². The van der Waals surface area contributed by atoms with Crippen molar-refractivity contribution in [3.05, 3.63) is 55.5 Å². The van der Waals surface area contributed by atoms with Crippen LogP contribution in [0.25, 0.3) is 10.1 Å². The fourth-order valence-electron chi connectivity index (χ4n) is 2.19. The lowest BCUT2D eigenvalue weighted by Gasteiger charge is -2.00. The van der Waals surface area contributed by atoms with E-state index in [9.17, 15) is 4.79 Å². The molecule has 23 heavy (non-hydrogen) atoms. The van der Waals surface area contributed by atoms with Crippen LogP contribution in [0.15, 0.2) is 35.4 Å². The van der Waals surface area contributed by atoms with Crippen molar-refractivity contribution in [2.24, 2.45) is 5.10 Å². The van der Waals surface area contributed by atoms with Crippen LogP contribution < -0.4 is 5.43 Å². The van der Waals surface area contributed by atoms with Crippen LogP contribution >= 0.6 is 34.3 Å². The van der Waals surface area contributed by atoms with E-state index >= 15 is 0 Å². The van der Waals surface area contributed by atoms with E-state index in [-0.39, 0.29) is 5.91 Å². The largest absolute Gasteiger partial charge is 0.283 e. The summed E-state index contributed by atoms with van der Waals surface area (Å²) in [4.78, 5) is 15.1. The molecule has 0 atom stereocenters. The molecule has 6 heteroatoms. The van der Waals surface area contributed by atoms with Gasteiger partial charge < -0.3 is 0 Å². The Morgan fingerprint density at radius 3 is 2.65 bits per heavy atom. The molecule has 1 N–H and O–H groups in total. The third-order valence-corrected chi connectivity index (χ3v) is 6.18. The van der Waals surface area contributed by atoms with E-state index in [0.29, 0.717) is 9.90 Å². The van der Waals surface area contributed by atoms with Crippen molar-refractivity contribution in [3.8, 4) is 0 Å². The van der Waals surface area contributed by atoms with Gasteiger partial charge in [-0.1, -0.05) is 23.7 Å². The summed E-state index contributed by atoms with van der Waals surface area (Å²) < 4.78 is 1.01. The Hall–Kier alpha value is -1.69. The standard InChI is InChI=1S/C17H15ClN2OS2/c1-9-4-6-12-14(8-9)23-16(15(12)18)17(21)20-19-11(3)13-7-5-10(2)22-13/h4-8H,1-3H3,(H,20,21). The van der Waals surface area contributed by atoms with Crippen molar-refractivity contribution in [3.63, 3.8) is 0 Å². The normalized spacial score (nSPS) is 11.9. The quantitative estimate of drug-likeness (QED) is 0.492. The number of hydrazone groups is 1. The van der Waals surface area contributed by atoms with Gasteiger partial charge in [-0.15, -0.1) is 22.7 Å². The van der Waals surface area contributed by atoms with Gasteiger partial charge >= 0.3 is 0 Å². The van der Waals surface area contributed by atoms with Crippen molar-refractivity contribution < 1.29 is 4.79 Å². The van der Waals surface area contributed by atoms with E-state index < -0.39 is 0 Å². The second-order valence-corrected chi connectivity index (χ2v) is 8.01. The number of hydrogen-bond acceptors (Lipinski definition) is 4. The molecule has 0 aliphatic rings. The minimum absolute atomic E-state index is 0.276. The first-order valence-electron chi connectivity index (χ1n) is 7.06. The number of amides is 1. The number of halogens is 1. The minimum atomic E-state index is -0.276. The fraction of sp³-hybridized carbons (Fsp3) is 0.176. The highest BCUT2D eigenvalue weighted by molar-refractivity contribution is 7.21. The number of hydrogen-bond donors (Lipinski definition) is 1. The molecule has 0 saturated carbocycles. The Bertz CT molecular complexity index is 924. The smallest absolute Gasteiger partial charge is 0.266 e. The fourth-order valence-corrected chi connectivity index (χ4v) is 4.51. The summed E-state index contributed by atoms with van der Waals surface area (Å²) in [7, 11) is 0. The van der Waals surface area contributed by atoms with Crippen LogP contribution in [0, 0.1) is 13.8 Å². The molecule has 1 aromatic carbocycles. The Morgan fingerprint density at radius 2 is 1.96 bits per heavy atom. The average molecular weight is 363 g/mol. The van der Waals surface area contributed by atoms with Crippen LogP contribution in [-0.2, 0) is 0 Å². The maximum Gasteiger partial charge on any atom is 0.283 e. The Labute approximate surface area is 147 Å². The van der Waals surface area contributed by atoms with Gasteiger partial charge in [-0.3, -0.25) is 4.79 Å². The number of rotatable bonds is 3. The molecule has 1 amide bonds. The number of fused-ring (bicyclic) bond motifs is 1. The summed E-state index contributed by atoms with van der Waals surface area (Å²) in [5.41, 5.74) is 4.53. The molecule has 0 radical (unpaired) electrons. The van der Waals surface area contributed by atoms with Crippen LogP contribution in [0.2, 0.25) is 5.02 Å². The van der Waals surface area contributed by atoms with Crippen LogP contribution in [0.5, 0.6) is 0 Å². The van der Waals surface area contributed by atoms with Gasteiger partial charge in [-0.05, 0) is 44.5 Å². The molecule has 3 nitrogen and oxygen atoms in total. The molecule has 0 saturated heterocycles. The molecular weight excluding hydrogens is 348 g/mol. The van der Waals surface area contributed by atoms with Gasteiger partial charge in [0, 0.05) is 15.0 Å². The van der Waals surface area contributed by atoms with Crippen molar-refractivity contribution in [2.45, 2.75) is 20.8 Å². The third kappa shape index (κ3) is 3.32. The summed E-state index contributed by atoms with van der Waals surface area (Å²) in [5, 5.41) is 5.58. The second kappa shape index (κ2) is 6.43. The topological polar surface area (TPSA) is 41.5 Å². The van der Waals surface area contributed by atoms with E-state index in [1.54, 1.807) is 11.3 Å². The van der Waals surface area contributed by atoms with Gasteiger partial charge in [0.05, 0.1) is 15.6 Å². The number of aryl methyl sites for hydroxylation is 2. The lowest BCUT2D eigenvalue weighted by atomic mass is 10.2. The number of nitrogens with one attached hydrogen (secondary N) is 1. The number of nitrogens with zero attached hydrogens (tertiary/aromatic N) is 1. The molecule has 3 aromatic rings. The average Bonchev–Trinajstić information content (AvgIpc) is 3.08. The zero-order valence-corrected chi connectivity index (χ0v) is 15.3. The van der Waals surface area contributed by atoms with E-state index in [1.165, 1.54) is 16.2 Å². The molecule has 0 aliphatic heterocycles. The van der Waals surface area contributed by atoms with Crippen LogP contribution in [0.4, 0.5) is 0 Å². The highest BCUT2D eigenvalue weighted by Crippen LogP contribution is 2.35. The maximum atomic E-state index is 12.4. The Morgan fingerprint density at radius 1 is 1.17 bits per heavy atom. The SMILES string of the molecule is CC(=NNC(=O)c1sc2cc(C)ccc2c1Cl)c1ccc(C)s1. The highest BCUT2D eigenvalue weighted by atomic mass is 35.5. The third-order valence-electron chi connectivity index (χ3n) is 3.41. The molecule has 0 spiro atoms. The molecule has 118 valence electrons. The number of carbonyl (C=O) groups is 1. The van der Waals surface area contributed by atoms with Crippen molar-refractivity contribution in [1.29, 1.82) is 0 Å². The zero-order valence-electron chi connectivity index (χ0n) is 12.9. The first-order valence-corrected chi connectivity index (χ1v) is 9.07. The van der Waals surface area contributed by atoms with E-state index in [4.69, 9.17) is 11.6 Å². The predicted molar refractivity (Wildman–Crippen MR) is 100 cm³/mol. The van der Waals surface area contributed by atoms with Gasteiger partial charge in [0.1, 0.15) is 4.88 Å². The summed E-state index contributed by atoms with van der Waals surface area (Å²) in [5.74, 6) is -0.276. The predicted octanol–water partition coefficient (Wildman–Crippen LogP) is 5.39. The summed E-state index contributed by atoms with van der Waals surface area (Å²) >= 11 is 9.38. The first kappa shape index (κ1) is 16.2. The van der Waals surface area contributed by atoms with Crippen LogP contribution in [0.3, 0.4) is 0 Å². The van der Waals surface area contributed by atoms with E-state index in [0.717, 1.165) is 26.2 Å². The van der Waals surface area contributed by atoms with Gasteiger partial charge in [0.25, 0.3) is 5.91 Å². The number of carbonyl (C=O) groups excluding carboxylic acids is 1. The molecular formula is C17H15ClN2OS2. The lowest BCUT2D eigenvalue weighted by molar-refractivity contribution is 0.0959. The summed E-state index contributed by atoms with van der Waals surface area (Å²) in [6.45, 7) is 5.93. The van der Waals surface area contributed by atoms with Gasteiger partial charge in [0.15, 0.2) is 0 Å². The summed E-state index contributed by atoms with van der Waals surface area (Å²) in [6, 6.07) is 10.0. The molecule has 0 fully saturated rings. The molecule has 0 unspecified atom stereocenters. The van der Waals surface area contributed by atoms with Crippen molar-refractivity contribution >= 4 is 56.0 Å². The lowest BCUT2D eigenvalue weighted by Crippen LogP contribution is -2.18. The number of thiophene rings is 2. The van der Waals surface area contributed by atoms with E-state index in [1.807, 2.05) is 51.1 Å². The maximum absolute atomic E-state index is 12.4. The monoisotopic (exact) mass is 362 g/mol. The first-order chi connectivity index (χ1) is 11.0. The van der Waals surface area contributed by atoms with Gasteiger partial charge in [0.2, 0.25) is 0 Å². The highest BCUT2D eigenvalue weighted by Gasteiger charge is 2.17. The molecule has 2 heterocycles. The zero-order chi connectivity index (χ0) is 16.6. The Kier molecular flexibility index (Phi) is 4.53. The van der Waals surface area contributed by atoms with Crippen molar-refractivity contribution in [2.75, 3.05) is 0 Å². The van der Waals surface area contributed by atoms with Crippen LogP contribution in [0.1, 0.15) is 31.9 Å². The number of benzene rings is 1. The minimum Gasteiger partial charge on any atom is -0.266 e. The Balaban J connectivity index is 1.85. The van der Waals surface area contributed by atoms with Gasteiger partial charge in [-0.2, -0.15) is 5.10 Å². The second-order valence-electron chi connectivity index (χ2n) is 5.29. The molecule has 0 aliphatic carbocycles. The van der Waals surface area contributed by atoms with Gasteiger partial charge in [-0.25, -0.2) is 5.43 Å². The van der Waals surface area contributed by atoms with E-state index in [2.05, 4.69) is 10.5 Å². The molecule has 0 bridgehead atoms. The summed E-state index contributed by atoms with van der Waals surface area (Å²) in [6.07, 6.45) is 0. The van der Waals surface area contributed by atoms with Crippen LogP contribution in [-0.4, -0.2) is 11.6 Å². The molecule has 3 rings (SSSR count).